The van der Waals surface area contributed by atoms with E-state index >= 15 is 0 Å². The third-order valence-electron chi connectivity index (χ3n) is 2.75. The molecule has 1 rings (SSSR count). The van der Waals surface area contributed by atoms with Crippen LogP contribution < -0.4 is 5.73 Å². The van der Waals surface area contributed by atoms with Crippen molar-refractivity contribution in [2.75, 3.05) is 39.9 Å². The summed E-state index contributed by atoms with van der Waals surface area (Å²) in [5, 5.41) is 0. The van der Waals surface area contributed by atoms with Crippen molar-refractivity contribution in [3.8, 4) is 0 Å². The van der Waals surface area contributed by atoms with Gasteiger partial charge in [0.05, 0.1) is 0 Å². The topological polar surface area (TPSA) is 75.9 Å². The smallest absolute Gasteiger partial charge is 0.248 e. The summed E-state index contributed by atoms with van der Waals surface area (Å²) in [6.45, 7) is 4.24. The molecule has 0 aromatic heterocycles. The summed E-state index contributed by atoms with van der Waals surface area (Å²) in [6.07, 6.45) is 0.367. The fourth-order valence-electron chi connectivity index (χ4n) is 1.82. The van der Waals surface area contributed by atoms with E-state index in [-0.39, 0.29) is 36.9 Å². The zero-order valence-corrected chi connectivity index (χ0v) is 11.7. The van der Waals surface area contributed by atoms with Gasteiger partial charge < -0.3 is 20.3 Å². The van der Waals surface area contributed by atoms with Crippen molar-refractivity contribution in [3.63, 3.8) is 0 Å². The molecule has 1 unspecified atom stereocenters. The van der Waals surface area contributed by atoms with E-state index in [0.717, 1.165) is 0 Å². The van der Waals surface area contributed by atoms with E-state index in [4.69, 9.17) is 10.5 Å². The minimum atomic E-state index is -0.115. The van der Waals surface area contributed by atoms with Crippen molar-refractivity contribution in [2.24, 2.45) is 5.73 Å². The minimum absolute atomic E-state index is 0. The average molecular weight is 280 g/mol. The number of hydrogen-bond acceptors (Lipinski definition) is 4. The highest BCUT2D eigenvalue weighted by Gasteiger charge is 2.23. The number of piperazine rings is 1. The first-order valence-electron chi connectivity index (χ1n) is 5.84. The molecule has 0 radical (unpaired) electrons. The lowest BCUT2D eigenvalue weighted by molar-refractivity contribution is -0.141. The maximum Gasteiger partial charge on any atom is 0.248 e. The molecule has 0 aromatic carbocycles. The Morgan fingerprint density at radius 2 is 1.61 bits per heavy atom. The highest BCUT2D eigenvalue weighted by Crippen LogP contribution is 2.05. The molecule has 7 heteroatoms. The molecule has 2 amide bonds. The summed E-state index contributed by atoms with van der Waals surface area (Å²) in [5.74, 6) is 0.0469. The van der Waals surface area contributed by atoms with Crippen LogP contribution in [0.5, 0.6) is 0 Å². The maximum atomic E-state index is 11.7. The second kappa shape index (κ2) is 8.29. The van der Waals surface area contributed by atoms with Gasteiger partial charge in [-0.15, -0.1) is 12.4 Å². The van der Waals surface area contributed by atoms with E-state index < -0.39 is 0 Å². The molecule has 0 saturated carbocycles. The normalized spacial score (nSPS) is 17.1. The summed E-state index contributed by atoms with van der Waals surface area (Å²) in [6, 6.07) is -0.115. The van der Waals surface area contributed by atoms with Gasteiger partial charge in [-0.2, -0.15) is 0 Å². The molecular weight excluding hydrogens is 258 g/mol. The van der Waals surface area contributed by atoms with E-state index in [2.05, 4.69) is 0 Å². The summed E-state index contributed by atoms with van der Waals surface area (Å²) < 4.78 is 4.80. The van der Waals surface area contributed by atoms with Crippen LogP contribution in [0.3, 0.4) is 0 Å². The van der Waals surface area contributed by atoms with E-state index in [9.17, 15) is 9.59 Å². The SMILES string of the molecule is COCC(=O)N1CCN(C(=O)CC(C)N)CC1.Cl. The molecule has 18 heavy (non-hydrogen) atoms. The summed E-state index contributed by atoms with van der Waals surface area (Å²) >= 11 is 0. The van der Waals surface area contributed by atoms with Gasteiger partial charge in [0, 0.05) is 45.8 Å². The fourth-order valence-corrected chi connectivity index (χ4v) is 1.82. The summed E-state index contributed by atoms with van der Waals surface area (Å²) in [5.41, 5.74) is 5.59. The van der Waals surface area contributed by atoms with Crippen LogP contribution in [0.1, 0.15) is 13.3 Å². The van der Waals surface area contributed by atoms with Gasteiger partial charge in [0.25, 0.3) is 0 Å². The van der Waals surface area contributed by atoms with Gasteiger partial charge in [-0.05, 0) is 6.92 Å². The molecule has 0 bridgehead atoms. The second-order valence-corrected chi connectivity index (χ2v) is 4.38. The lowest BCUT2D eigenvalue weighted by Gasteiger charge is -2.35. The standard InChI is InChI=1S/C11H21N3O3.ClH/c1-9(12)7-10(15)13-3-5-14(6-4-13)11(16)8-17-2;/h9H,3-8,12H2,1-2H3;1H. The number of nitrogens with zero attached hydrogens (tertiary/aromatic N) is 2. The molecule has 1 heterocycles. The molecule has 1 aliphatic rings. The number of halogens is 1. The number of carbonyl (C=O) groups excluding carboxylic acids is 2. The van der Waals surface area contributed by atoms with E-state index in [1.807, 2.05) is 6.92 Å². The molecule has 0 aromatic rings. The van der Waals surface area contributed by atoms with Crippen molar-refractivity contribution in [1.82, 2.24) is 9.80 Å². The Hall–Kier alpha value is -0.850. The van der Waals surface area contributed by atoms with Crippen LogP contribution in [0.4, 0.5) is 0 Å². The van der Waals surface area contributed by atoms with E-state index in [0.29, 0.717) is 32.6 Å². The van der Waals surface area contributed by atoms with Gasteiger partial charge in [0.2, 0.25) is 11.8 Å². The van der Waals surface area contributed by atoms with Crippen molar-refractivity contribution >= 4 is 24.2 Å². The Morgan fingerprint density at radius 1 is 1.17 bits per heavy atom. The third-order valence-corrected chi connectivity index (χ3v) is 2.75. The molecule has 106 valence electrons. The van der Waals surface area contributed by atoms with Crippen LogP contribution in [0.15, 0.2) is 0 Å². The molecular formula is C11H22ClN3O3. The molecule has 1 saturated heterocycles. The average Bonchev–Trinajstić information content (AvgIpc) is 2.28. The van der Waals surface area contributed by atoms with Gasteiger partial charge in [-0.25, -0.2) is 0 Å². The van der Waals surface area contributed by atoms with E-state index in [1.54, 1.807) is 9.80 Å². The van der Waals surface area contributed by atoms with Gasteiger partial charge in [-0.1, -0.05) is 0 Å². The summed E-state index contributed by atoms with van der Waals surface area (Å²) in [4.78, 5) is 26.7. The third kappa shape index (κ3) is 5.20. The fraction of sp³-hybridized carbons (Fsp3) is 0.818. The molecule has 0 aliphatic carbocycles. The van der Waals surface area contributed by atoms with Crippen molar-refractivity contribution in [1.29, 1.82) is 0 Å². The van der Waals surface area contributed by atoms with Crippen LogP contribution in [-0.2, 0) is 14.3 Å². The van der Waals surface area contributed by atoms with Crippen LogP contribution in [0.2, 0.25) is 0 Å². The summed E-state index contributed by atoms with van der Waals surface area (Å²) in [7, 11) is 1.50. The first-order valence-corrected chi connectivity index (χ1v) is 5.84. The molecule has 1 fully saturated rings. The highest BCUT2D eigenvalue weighted by atomic mass is 35.5. The van der Waals surface area contributed by atoms with Crippen LogP contribution >= 0.6 is 12.4 Å². The van der Waals surface area contributed by atoms with Crippen LogP contribution in [0, 0.1) is 0 Å². The number of methoxy groups -OCH3 is 1. The zero-order chi connectivity index (χ0) is 12.8. The molecule has 2 N–H and O–H groups in total. The largest absolute Gasteiger partial charge is 0.375 e. The Morgan fingerprint density at radius 3 is 2.00 bits per heavy atom. The molecule has 6 nitrogen and oxygen atoms in total. The first kappa shape index (κ1) is 17.2. The number of ether oxygens (including phenoxy) is 1. The van der Waals surface area contributed by atoms with E-state index in [1.165, 1.54) is 7.11 Å². The quantitative estimate of drug-likeness (QED) is 0.750. The van der Waals surface area contributed by atoms with Gasteiger partial charge in [0.15, 0.2) is 0 Å². The molecule has 1 atom stereocenters. The number of rotatable bonds is 4. The number of hydrogen-bond donors (Lipinski definition) is 1. The van der Waals surface area contributed by atoms with Crippen molar-refractivity contribution in [3.05, 3.63) is 0 Å². The minimum Gasteiger partial charge on any atom is -0.375 e. The van der Waals surface area contributed by atoms with Crippen LogP contribution in [0.25, 0.3) is 0 Å². The second-order valence-electron chi connectivity index (χ2n) is 4.38. The van der Waals surface area contributed by atoms with Crippen molar-refractivity contribution in [2.45, 2.75) is 19.4 Å². The monoisotopic (exact) mass is 279 g/mol. The predicted molar refractivity (Wildman–Crippen MR) is 70.6 cm³/mol. The van der Waals surface area contributed by atoms with Gasteiger partial charge in [0.1, 0.15) is 6.61 Å². The number of carbonyl (C=O) groups is 2. The lowest BCUT2D eigenvalue weighted by atomic mass is 10.2. The lowest BCUT2D eigenvalue weighted by Crippen LogP contribution is -2.51. The molecule has 1 aliphatic heterocycles. The van der Waals surface area contributed by atoms with Gasteiger partial charge in [-0.3, -0.25) is 9.59 Å². The Bertz CT molecular complexity index is 279. The Kier molecular flexibility index (Phi) is 7.90. The number of nitrogens with two attached hydrogens (primary N) is 1. The predicted octanol–water partition coefficient (Wildman–Crippen LogP) is -0.537. The zero-order valence-electron chi connectivity index (χ0n) is 10.9. The van der Waals surface area contributed by atoms with Crippen molar-refractivity contribution < 1.29 is 14.3 Å². The molecule has 0 spiro atoms. The highest BCUT2D eigenvalue weighted by molar-refractivity contribution is 5.85. The first-order chi connectivity index (χ1) is 8.04. The van der Waals surface area contributed by atoms with Gasteiger partial charge >= 0.3 is 0 Å². The Labute approximate surface area is 114 Å². The maximum absolute atomic E-state index is 11.7. The van der Waals surface area contributed by atoms with Crippen LogP contribution in [-0.4, -0.2) is 67.6 Å². The number of amides is 2. The Balaban J connectivity index is 0.00000289.